The third-order valence-electron chi connectivity index (χ3n) is 1.99. The van der Waals surface area contributed by atoms with Gasteiger partial charge in [-0.15, -0.1) is 0 Å². The van der Waals surface area contributed by atoms with Crippen LogP contribution in [0.2, 0.25) is 0 Å². The van der Waals surface area contributed by atoms with E-state index < -0.39 is 10.8 Å². The van der Waals surface area contributed by atoms with Gasteiger partial charge in [0.05, 0.1) is 13.2 Å². The van der Waals surface area contributed by atoms with Crippen molar-refractivity contribution in [3.8, 4) is 0 Å². The van der Waals surface area contributed by atoms with Crippen LogP contribution in [0.1, 0.15) is 0 Å². The van der Waals surface area contributed by atoms with Gasteiger partial charge in [-0.2, -0.15) is 0 Å². The van der Waals surface area contributed by atoms with Crippen molar-refractivity contribution >= 4 is 11.7 Å². The molecule has 0 aliphatic carbocycles. The van der Waals surface area contributed by atoms with Crippen LogP contribution in [0.25, 0.3) is 0 Å². The molecule has 0 atom stereocenters. The van der Waals surface area contributed by atoms with Gasteiger partial charge in [-0.25, -0.2) is 0 Å². The number of hydrogen-bond donors (Lipinski definition) is 1. The van der Waals surface area contributed by atoms with E-state index in [9.17, 15) is 10.1 Å². The highest BCUT2D eigenvalue weighted by atomic mass is 16.6. The van der Waals surface area contributed by atoms with Gasteiger partial charge in [0.2, 0.25) is 5.84 Å². The van der Waals surface area contributed by atoms with Crippen LogP contribution >= 0.6 is 0 Å². The number of nitrogens with zero attached hydrogens (tertiary/aromatic N) is 4. The molecule has 1 aliphatic heterocycles. The maximum absolute atomic E-state index is 10.5. The molecule has 0 unspecified atom stereocenters. The van der Waals surface area contributed by atoms with Crippen molar-refractivity contribution in [2.45, 2.75) is 0 Å². The number of oxime groups is 1. The SMILES string of the molecule is CN=C(/C(=N/O)[N+](=O)[O-])N1CCOCC1. The van der Waals surface area contributed by atoms with Crippen LogP contribution in [0.15, 0.2) is 10.1 Å². The summed E-state index contributed by atoms with van der Waals surface area (Å²) in [6.07, 6.45) is 0. The Morgan fingerprint density at radius 2 is 2.13 bits per heavy atom. The molecule has 0 amide bonds. The van der Waals surface area contributed by atoms with Crippen molar-refractivity contribution < 1.29 is 14.9 Å². The molecule has 0 spiro atoms. The van der Waals surface area contributed by atoms with Crippen LogP contribution in [0.5, 0.6) is 0 Å². The second-order valence-electron chi connectivity index (χ2n) is 2.83. The van der Waals surface area contributed by atoms with Gasteiger partial charge < -0.3 is 25.0 Å². The smallest absolute Gasteiger partial charge is 0.378 e. The minimum Gasteiger partial charge on any atom is -0.378 e. The Kier molecular flexibility index (Phi) is 3.98. The van der Waals surface area contributed by atoms with E-state index in [1.165, 1.54) is 7.05 Å². The van der Waals surface area contributed by atoms with Crippen molar-refractivity contribution in [2.75, 3.05) is 33.4 Å². The lowest BCUT2D eigenvalue weighted by atomic mass is 10.3. The van der Waals surface area contributed by atoms with E-state index in [0.29, 0.717) is 26.3 Å². The Hall–Kier alpha value is -1.70. The standard InChI is InChI=1S/C7H12N4O4/c1-8-6(7(9-12)11(13)14)10-2-4-15-5-3-10/h12H,2-5H2,1H3/b8-6?,9-7-. The predicted molar refractivity (Wildman–Crippen MR) is 52.0 cm³/mol. The third-order valence-corrected chi connectivity index (χ3v) is 1.99. The molecule has 1 saturated heterocycles. The second-order valence-corrected chi connectivity index (χ2v) is 2.83. The Morgan fingerprint density at radius 3 is 2.53 bits per heavy atom. The normalized spacial score (nSPS) is 19.1. The molecule has 84 valence electrons. The number of morpholine rings is 1. The summed E-state index contributed by atoms with van der Waals surface area (Å²) < 4.78 is 5.10. The minimum atomic E-state index is -0.766. The summed E-state index contributed by atoms with van der Waals surface area (Å²) in [7, 11) is 1.42. The molecule has 1 heterocycles. The van der Waals surface area contributed by atoms with Gasteiger partial charge in [0.15, 0.2) is 5.16 Å². The fraction of sp³-hybridized carbons (Fsp3) is 0.714. The monoisotopic (exact) mass is 216 g/mol. The first-order chi connectivity index (χ1) is 7.20. The van der Waals surface area contributed by atoms with E-state index in [1.807, 2.05) is 0 Å². The number of rotatable bonds is 0. The summed E-state index contributed by atoms with van der Waals surface area (Å²) >= 11 is 0. The summed E-state index contributed by atoms with van der Waals surface area (Å²) in [5, 5.41) is 21.7. The number of aliphatic imine (C=N–C) groups is 1. The van der Waals surface area contributed by atoms with Gasteiger partial charge in [-0.1, -0.05) is 0 Å². The first kappa shape index (κ1) is 11.4. The predicted octanol–water partition coefficient (Wildman–Crippen LogP) is -0.589. The van der Waals surface area contributed by atoms with E-state index in [1.54, 1.807) is 4.90 Å². The number of amidine groups is 2. The van der Waals surface area contributed by atoms with Gasteiger partial charge in [0.1, 0.15) is 0 Å². The summed E-state index contributed by atoms with van der Waals surface area (Å²) in [6, 6.07) is 0. The molecule has 0 saturated carbocycles. The summed E-state index contributed by atoms with van der Waals surface area (Å²) in [6.45, 7) is 1.96. The first-order valence-electron chi connectivity index (χ1n) is 4.37. The highest BCUT2D eigenvalue weighted by molar-refractivity contribution is 6.36. The zero-order valence-electron chi connectivity index (χ0n) is 8.29. The minimum absolute atomic E-state index is 0.0748. The van der Waals surface area contributed by atoms with Crippen molar-refractivity contribution in [1.82, 2.24) is 4.90 Å². The van der Waals surface area contributed by atoms with Gasteiger partial charge in [0, 0.05) is 20.1 Å². The fourth-order valence-electron chi connectivity index (χ4n) is 1.32. The van der Waals surface area contributed by atoms with Crippen molar-refractivity contribution in [2.24, 2.45) is 10.1 Å². The molecule has 1 N–H and O–H groups in total. The molecule has 8 heteroatoms. The van der Waals surface area contributed by atoms with Crippen LogP contribution in [0, 0.1) is 10.1 Å². The van der Waals surface area contributed by atoms with Crippen LogP contribution in [-0.2, 0) is 4.74 Å². The van der Waals surface area contributed by atoms with Crippen LogP contribution in [0.3, 0.4) is 0 Å². The maximum Gasteiger partial charge on any atom is 0.451 e. The third kappa shape index (κ3) is 2.62. The second kappa shape index (κ2) is 5.25. The highest BCUT2D eigenvalue weighted by Gasteiger charge is 2.28. The lowest BCUT2D eigenvalue weighted by Crippen LogP contribution is -2.46. The molecular formula is C7H12N4O4. The molecule has 0 aromatic rings. The molecule has 0 aromatic heterocycles. The molecular weight excluding hydrogens is 204 g/mol. The topological polar surface area (TPSA) is 101 Å². The summed E-state index contributed by atoms with van der Waals surface area (Å²) in [5.41, 5.74) is 0. The number of ether oxygens (including phenoxy) is 1. The number of hydrogen-bond acceptors (Lipinski definition) is 6. The lowest BCUT2D eigenvalue weighted by Gasteiger charge is -2.27. The van der Waals surface area contributed by atoms with Crippen molar-refractivity contribution in [3.63, 3.8) is 0 Å². The highest BCUT2D eigenvalue weighted by Crippen LogP contribution is 2.01. The van der Waals surface area contributed by atoms with E-state index in [-0.39, 0.29) is 5.84 Å². The summed E-state index contributed by atoms with van der Waals surface area (Å²) in [5.74, 6) is -0.565. The van der Waals surface area contributed by atoms with E-state index in [0.717, 1.165) is 0 Å². The average Bonchev–Trinajstić information content (AvgIpc) is 2.26. The Labute approximate surface area is 86.0 Å². The van der Waals surface area contributed by atoms with Crippen molar-refractivity contribution in [3.05, 3.63) is 10.1 Å². The van der Waals surface area contributed by atoms with Crippen LogP contribution < -0.4 is 0 Å². The van der Waals surface area contributed by atoms with Gasteiger partial charge in [-0.3, -0.25) is 4.99 Å². The zero-order valence-corrected chi connectivity index (χ0v) is 8.29. The molecule has 0 aromatic carbocycles. The Balaban J connectivity index is 2.82. The molecule has 1 rings (SSSR count). The summed E-state index contributed by atoms with van der Waals surface area (Å²) in [4.78, 5) is 15.2. The Bertz CT molecular complexity index is 295. The van der Waals surface area contributed by atoms with Gasteiger partial charge >= 0.3 is 5.84 Å². The zero-order chi connectivity index (χ0) is 11.3. The van der Waals surface area contributed by atoms with Gasteiger partial charge in [-0.05, 0) is 4.92 Å². The van der Waals surface area contributed by atoms with E-state index >= 15 is 0 Å². The number of nitro groups is 1. The van der Waals surface area contributed by atoms with Crippen LogP contribution in [0.4, 0.5) is 0 Å². The van der Waals surface area contributed by atoms with E-state index in [4.69, 9.17) is 9.94 Å². The fourth-order valence-corrected chi connectivity index (χ4v) is 1.32. The molecule has 0 bridgehead atoms. The maximum atomic E-state index is 10.5. The Morgan fingerprint density at radius 1 is 1.53 bits per heavy atom. The largest absolute Gasteiger partial charge is 0.451 e. The molecule has 1 fully saturated rings. The quantitative estimate of drug-likeness (QED) is 0.192. The first-order valence-corrected chi connectivity index (χ1v) is 4.37. The molecule has 1 aliphatic rings. The lowest BCUT2D eigenvalue weighted by molar-refractivity contribution is -0.348. The average molecular weight is 216 g/mol. The van der Waals surface area contributed by atoms with Crippen molar-refractivity contribution in [1.29, 1.82) is 0 Å². The molecule has 15 heavy (non-hydrogen) atoms. The van der Waals surface area contributed by atoms with Gasteiger partial charge in [0.25, 0.3) is 0 Å². The van der Waals surface area contributed by atoms with Crippen LogP contribution in [-0.4, -0.2) is 60.1 Å². The molecule has 0 radical (unpaired) electrons. The van der Waals surface area contributed by atoms with E-state index in [2.05, 4.69) is 10.1 Å². The molecule has 8 nitrogen and oxygen atoms in total.